The first kappa shape index (κ1) is 8.75. The number of nitrogens with zero attached hydrogens (tertiary/aromatic N) is 1. The second-order valence-corrected chi connectivity index (χ2v) is 3.27. The topological polar surface area (TPSA) is 22.0 Å². The Bertz CT molecular complexity index is 443. The summed E-state index contributed by atoms with van der Waals surface area (Å²) in [4.78, 5) is 10.8. The van der Waals surface area contributed by atoms with Crippen molar-refractivity contribution in [3.05, 3.63) is 53.9 Å². The van der Waals surface area contributed by atoms with Crippen LogP contribution in [0, 0.1) is 6.92 Å². The molecule has 0 spiro atoms. The lowest BCUT2D eigenvalue weighted by Crippen LogP contribution is -1.96. The third-order valence-corrected chi connectivity index (χ3v) is 2.14. The lowest BCUT2D eigenvalue weighted by molar-refractivity contribution is 0.111. The summed E-state index contributed by atoms with van der Waals surface area (Å²) in [5.74, 6) is 0. The summed E-state index contributed by atoms with van der Waals surface area (Å²) < 4.78 is 1.89. The Morgan fingerprint density at radius 1 is 1.21 bits per heavy atom. The first-order valence-corrected chi connectivity index (χ1v) is 4.51. The van der Waals surface area contributed by atoms with Gasteiger partial charge in [-0.15, -0.1) is 0 Å². The molecule has 0 amide bonds. The van der Waals surface area contributed by atoms with Crippen molar-refractivity contribution >= 4 is 6.29 Å². The molecule has 2 rings (SSSR count). The van der Waals surface area contributed by atoms with Crippen LogP contribution in [0.2, 0.25) is 0 Å². The molecular weight excluding hydrogens is 174 g/mol. The van der Waals surface area contributed by atoms with Gasteiger partial charge in [0.2, 0.25) is 0 Å². The third kappa shape index (κ3) is 1.46. The summed E-state index contributed by atoms with van der Waals surface area (Å²) in [6.07, 6.45) is 2.83. The van der Waals surface area contributed by atoms with E-state index < -0.39 is 0 Å². The molecule has 70 valence electrons. The van der Waals surface area contributed by atoms with Gasteiger partial charge < -0.3 is 4.57 Å². The van der Waals surface area contributed by atoms with E-state index in [1.807, 2.05) is 54.1 Å². The molecule has 0 saturated carbocycles. The number of benzene rings is 1. The molecule has 0 fully saturated rings. The molecular formula is C12H11NO. The summed E-state index contributed by atoms with van der Waals surface area (Å²) in [7, 11) is 0. The monoisotopic (exact) mass is 185 g/mol. The normalized spacial score (nSPS) is 10.1. The molecule has 0 radical (unpaired) electrons. The fourth-order valence-corrected chi connectivity index (χ4v) is 1.52. The van der Waals surface area contributed by atoms with Crippen LogP contribution in [0.25, 0.3) is 5.69 Å². The highest BCUT2D eigenvalue weighted by molar-refractivity contribution is 5.74. The molecule has 2 heteroatoms. The summed E-state index contributed by atoms with van der Waals surface area (Å²) in [5.41, 5.74) is 2.80. The molecule has 1 aromatic carbocycles. The highest BCUT2D eigenvalue weighted by Gasteiger charge is 2.03. The molecule has 0 bridgehead atoms. The van der Waals surface area contributed by atoms with Crippen LogP contribution < -0.4 is 0 Å². The lowest BCUT2D eigenvalue weighted by atomic mass is 10.3. The first-order chi connectivity index (χ1) is 6.81. The van der Waals surface area contributed by atoms with E-state index in [4.69, 9.17) is 0 Å². The predicted molar refractivity (Wildman–Crippen MR) is 55.9 cm³/mol. The number of para-hydroxylation sites is 1. The maximum absolute atomic E-state index is 10.8. The summed E-state index contributed by atoms with van der Waals surface area (Å²) in [5, 5.41) is 0. The molecule has 0 N–H and O–H groups in total. The van der Waals surface area contributed by atoms with Crippen molar-refractivity contribution in [3.8, 4) is 5.69 Å². The van der Waals surface area contributed by atoms with Crippen molar-refractivity contribution in [1.29, 1.82) is 0 Å². The van der Waals surface area contributed by atoms with Gasteiger partial charge in [-0.2, -0.15) is 0 Å². The van der Waals surface area contributed by atoms with Gasteiger partial charge >= 0.3 is 0 Å². The fraction of sp³-hybridized carbons (Fsp3) is 0.0833. The van der Waals surface area contributed by atoms with E-state index in [2.05, 4.69) is 0 Å². The van der Waals surface area contributed by atoms with E-state index in [0.29, 0.717) is 5.69 Å². The molecule has 14 heavy (non-hydrogen) atoms. The summed E-state index contributed by atoms with van der Waals surface area (Å²) in [6.45, 7) is 1.98. The minimum Gasteiger partial charge on any atom is -0.314 e. The highest BCUT2D eigenvalue weighted by atomic mass is 16.1. The summed E-state index contributed by atoms with van der Waals surface area (Å²) in [6, 6.07) is 11.7. The van der Waals surface area contributed by atoms with Crippen molar-refractivity contribution in [2.45, 2.75) is 6.92 Å². The van der Waals surface area contributed by atoms with Gasteiger partial charge in [0, 0.05) is 11.9 Å². The van der Waals surface area contributed by atoms with Gasteiger partial charge in [0.25, 0.3) is 0 Å². The van der Waals surface area contributed by atoms with Crippen molar-refractivity contribution < 1.29 is 4.79 Å². The van der Waals surface area contributed by atoms with E-state index in [0.717, 1.165) is 17.5 Å². The van der Waals surface area contributed by atoms with Crippen molar-refractivity contribution in [2.75, 3.05) is 0 Å². The zero-order valence-electron chi connectivity index (χ0n) is 7.97. The van der Waals surface area contributed by atoms with Crippen LogP contribution in [0.3, 0.4) is 0 Å². The van der Waals surface area contributed by atoms with Gasteiger partial charge in [-0.05, 0) is 30.7 Å². The minimum absolute atomic E-state index is 0.689. The second kappa shape index (κ2) is 3.50. The number of rotatable bonds is 2. The van der Waals surface area contributed by atoms with E-state index in [-0.39, 0.29) is 0 Å². The van der Waals surface area contributed by atoms with Crippen LogP contribution in [0.4, 0.5) is 0 Å². The Hall–Kier alpha value is -1.83. The van der Waals surface area contributed by atoms with Crippen LogP contribution in [-0.4, -0.2) is 10.9 Å². The number of aromatic nitrogens is 1. The molecule has 0 saturated heterocycles. The van der Waals surface area contributed by atoms with Crippen molar-refractivity contribution in [3.63, 3.8) is 0 Å². The maximum atomic E-state index is 10.8. The Morgan fingerprint density at radius 3 is 2.57 bits per heavy atom. The standard InChI is InChI=1S/C12H11NO/c1-10-7-12(9-14)13(8-10)11-5-3-2-4-6-11/h2-9H,1H3. The van der Waals surface area contributed by atoms with E-state index in [1.54, 1.807) is 0 Å². The van der Waals surface area contributed by atoms with Crippen LogP contribution in [0.15, 0.2) is 42.6 Å². The Labute approximate surface area is 82.8 Å². The molecule has 0 aliphatic heterocycles. The zero-order chi connectivity index (χ0) is 9.97. The highest BCUT2D eigenvalue weighted by Crippen LogP contribution is 2.13. The van der Waals surface area contributed by atoms with Crippen LogP contribution in [0.1, 0.15) is 16.1 Å². The van der Waals surface area contributed by atoms with Crippen molar-refractivity contribution in [1.82, 2.24) is 4.57 Å². The van der Waals surface area contributed by atoms with E-state index in [9.17, 15) is 4.79 Å². The number of aldehydes is 1. The maximum Gasteiger partial charge on any atom is 0.166 e. The molecule has 1 aromatic heterocycles. The Morgan fingerprint density at radius 2 is 1.93 bits per heavy atom. The smallest absolute Gasteiger partial charge is 0.166 e. The largest absolute Gasteiger partial charge is 0.314 e. The molecule has 1 heterocycles. The van der Waals surface area contributed by atoms with Gasteiger partial charge in [0.1, 0.15) is 0 Å². The fourth-order valence-electron chi connectivity index (χ4n) is 1.52. The van der Waals surface area contributed by atoms with Crippen molar-refractivity contribution in [2.24, 2.45) is 0 Å². The van der Waals surface area contributed by atoms with Gasteiger partial charge in [-0.1, -0.05) is 18.2 Å². The number of hydrogen-bond donors (Lipinski definition) is 0. The molecule has 2 nitrogen and oxygen atoms in total. The molecule has 0 aliphatic rings. The molecule has 0 atom stereocenters. The average molecular weight is 185 g/mol. The van der Waals surface area contributed by atoms with E-state index in [1.165, 1.54) is 0 Å². The quantitative estimate of drug-likeness (QED) is 0.659. The van der Waals surface area contributed by atoms with Gasteiger partial charge in [0.15, 0.2) is 6.29 Å². The molecule has 2 aromatic rings. The van der Waals surface area contributed by atoms with Crippen LogP contribution in [-0.2, 0) is 0 Å². The summed E-state index contributed by atoms with van der Waals surface area (Å²) >= 11 is 0. The van der Waals surface area contributed by atoms with Gasteiger partial charge in [0.05, 0.1) is 5.69 Å². The molecule has 0 unspecified atom stereocenters. The second-order valence-electron chi connectivity index (χ2n) is 3.27. The Balaban J connectivity index is 2.56. The van der Waals surface area contributed by atoms with Gasteiger partial charge in [-0.3, -0.25) is 4.79 Å². The van der Waals surface area contributed by atoms with Crippen LogP contribution >= 0.6 is 0 Å². The number of carbonyl (C=O) groups excluding carboxylic acids is 1. The van der Waals surface area contributed by atoms with Crippen LogP contribution in [0.5, 0.6) is 0 Å². The number of aryl methyl sites for hydroxylation is 1. The minimum atomic E-state index is 0.689. The predicted octanol–water partition coefficient (Wildman–Crippen LogP) is 2.60. The molecule has 0 aliphatic carbocycles. The first-order valence-electron chi connectivity index (χ1n) is 4.51. The van der Waals surface area contributed by atoms with Gasteiger partial charge in [-0.25, -0.2) is 0 Å². The van der Waals surface area contributed by atoms with E-state index >= 15 is 0 Å². The SMILES string of the molecule is Cc1cc(C=O)n(-c2ccccc2)c1. The number of hydrogen-bond acceptors (Lipinski definition) is 1. The Kier molecular flexibility index (Phi) is 2.19. The lowest BCUT2D eigenvalue weighted by Gasteiger charge is -2.03. The number of carbonyl (C=O) groups is 1. The average Bonchev–Trinajstić information content (AvgIpc) is 2.61. The zero-order valence-corrected chi connectivity index (χ0v) is 7.97. The third-order valence-electron chi connectivity index (χ3n) is 2.14.